The van der Waals surface area contributed by atoms with Crippen molar-refractivity contribution in [1.82, 2.24) is 20.3 Å². The Morgan fingerprint density at radius 2 is 1.94 bits per heavy atom. The Hall–Kier alpha value is -3.23. The number of piperidine rings is 1. The molecule has 2 aromatic carbocycles. The van der Waals surface area contributed by atoms with Crippen molar-refractivity contribution in [3.63, 3.8) is 0 Å². The molecule has 1 saturated heterocycles. The van der Waals surface area contributed by atoms with E-state index in [-0.39, 0.29) is 0 Å². The first-order chi connectivity index (χ1) is 15.3. The molecule has 7 nitrogen and oxygen atoms in total. The summed E-state index contributed by atoms with van der Waals surface area (Å²) >= 11 is 1.62. The summed E-state index contributed by atoms with van der Waals surface area (Å²) in [5.74, 6) is 2.57. The minimum absolute atomic E-state index is 0.518. The average Bonchev–Trinajstić information content (AvgIpc) is 3.28. The Balaban J connectivity index is 1.37. The van der Waals surface area contributed by atoms with Crippen LogP contribution in [0.5, 0.6) is 5.75 Å². The van der Waals surface area contributed by atoms with Gasteiger partial charge in [-0.15, -0.1) is 11.3 Å². The van der Waals surface area contributed by atoms with Gasteiger partial charge in [-0.2, -0.15) is 4.98 Å². The highest BCUT2D eigenvalue weighted by Gasteiger charge is 2.17. The van der Waals surface area contributed by atoms with E-state index in [4.69, 9.17) is 4.74 Å². The maximum absolute atomic E-state index is 5.57. The minimum atomic E-state index is 0.518. The van der Waals surface area contributed by atoms with E-state index in [2.05, 4.69) is 49.1 Å². The van der Waals surface area contributed by atoms with Gasteiger partial charge in [-0.25, -0.2) is 9.97 Å². The van der Waals surface area contributed by atoms with Gasteiger partial charge in [0.1, 0.15) is 11.6 Å². The van der Waals surface area contributed by atoms with Crippen LogP contribution in [0.1, 0.15) is 24.3 Å². The first-order valence-electron chi connectivity index (χ1n) is 10.4. The largest absolute Gasteiger partial charge is 0.495 e. The highest BCUT2D eigenvalue weighted by atomic mass is 32.1. The lowest BCUT2D eigenvalue weighted by atomic mass is 9.90. The zero-order valence-electron chi connectivity index (χ0n) is 17.3. The average molecular weight is 433 g/mol. The Morgan fingerprint density at radius 1 is 1.03 bits per heavy atom. The van der Waals surface area contributed by atoms with E-state index in [0.717, 1.165) is 59.1 Å². The molecule has 0 unspecified atom stereocenters. The first-order valence-corrected chi connectivity index (χ1v) is 11.3. The molecule has 0 atom stereocenters. The van der Waals surface area contributed by atoms with Crippen molar-refractivity contribution < 1.29 is 4.74 Å². The molecule has 3 heterocycles. The molecule has 0 bridgehead atoms. The monoisotopic (exact) mass is 432 g/mol. The number of benzene rings is 2. The minimum Gasteiger partial charge on any atom is -0.495 e. The fourth-order valence-electron chi connectivity index (χ4n) is 3.92. The van der Waals surface area contributed by atoms with Gasteiger partial charge in [-0.05, 0) is 73.8 Å². The van der Waals surface area contributed by atoms with Crippen molar-refractivity contribution in [2.24, 2.45) is 0 Å². The fraction of sp³-hybridized carbons (Fsp3) is 0.261. The molecule has 0 aliphatic carbocycles. The van der Waals surface area contributed by atoms with Crippen LogP contribution in [0.15, 0.2) is 54.2 Å². The Bertz CT molecular complexity index is 1190. The van der Waals surface area contributed by atoms with Gasteiger partial charge in [0.05, 0.1) is 28.5 Å². The molecule has 158 valence electrons. The van der Waals surface area contributed by atoms with Crippen LogP contribution in [-0.2, 0) is 0 Å². The van der Waals surface area contributed by atoms with Gasteiger partial charge in [-0.1, -0.05) is 6.07 Å². The summed E-state index contributed by atoms with van der Waals surface area (Å²) in [7, 11) is 1.68. The molecule has 31 heavy (non-hydrogen) atoms. The lowest BCUT2D eigenvalue weighted by Crippen LogP contribution is -2.26. The molecule has 3 N–H and O–H groups in total. The third kappa shape index (κ3) is 4.45. The topological polar surface area (TPSA) is 84.0 Å². The number of nitrogens with one attached hydrogen (secondary N) is 3. The van der Waals surface area contributed by atoms with Gasteiger partial charge in [0.2, 0.25) is 5.95 Å². The van der Waals surface area contributed by atoms with Gasteiger partial charge >= 0.3 is 0 Å². The number of hydrogen-bond donors (Lipinski definition) is 3. The molecular formula is C23H24N6OS. The number of fused-ring (bicyclic) bond motifs is 1. The van der Waals surface area contributed by atoms with Crippen molar-refractivity contribution in [2.45, 2.75) is 18.8 Å². The standard InChI is InChI=1S/C23H24N6OS/c1-30-20-5-2-16(15-6-9-24-10-7-15)12-19(20)28-23-25-11-8-22(29-23)27-17-3-4-18-21(13-17)31-14-26-18/h2-5,8,11-15,24H,6-7,9-10H2,1H3,(H2,25,27,28,29). The smallest absolute Gasteiger partial charge is 0.229 e. The van der Waals surface area contributed by atoms with E-state index in [1.54, 1.807) is 24.6 Å². The lowest BCUT2D eigenvalue weighted by molar-refractivity contribution is 0.415. The lowest BCUT2D eigenvalue weighted by Gasteiger charge is -2.24. The molecule has 1 aliphatic rings. The Labute approximate surface area is 184 Å². The molecule has 4 aromatic rings. The van der Waals surface area contributed by atoms with Crippen LogP contribution < -0.4 is 20.7 Å². The predicted molar refractivity (Wildman–Crippen MR) is 126 cm³/mol. The first kappa shape index (κ1) is 19.7. The molecule has 0 spiro atoms. The van der Waals surface area contributed by atoms with Gasteiger partial charge in [0, 0.05) is 11.9 Å². The quantitative estimate of drug-likeness (QED) is 0.393. The Kier molecular flexibility index (Phi) is 5.64. The molecule has 2 aromatic heterocycles. The third-order valence-corrected chi connectivity index (χ3v) is 6.33. The van der Waals surface area contributed by atoms with Gasteiger partial charge in [0.25, 0.3) is 0 Å². The summed E-state index contributed by atoms with van der Waals surface area (Å²) in [6.45, 7) is 2.12. The number of aromatic nitrogens is 3. The summed E-state index contributed by atoms with van der Waals surface area (Å²) in [4.78, 5) is 13.4. The highest BCUT2D eigenvalue weighted by Crippen LogP contribution is 2.33. The third-order valence-electron chi connectivity index (χ3n) is 5.54. The number of ether oxygens (including phenoxy) is 1. The van der Waals surface area contributed by atoms with Crippen LogP contribution in [0, 0.1) is 0 Å². The molecule has 0 saturated carbocycles. The van der Waals surface area contributed by atoms with Gasteiger partial charge < -0.3 is 20.7 Å². The SMILES string of the molecule is COc1ccc(C2CCNCC2)cc1Nc1nccc(Nc2ccc3ncsc3c2)n1. The van der Waals surface area contributed by atoms with Crippen LogP contribution in [0.4, 0.5) is 23.1 Å². The number of rotatable bonds is 6. The molecule has 0 radical (unpaired) electrons. The van der Waals surface area contributed by atoms with Gasteiger partial charge in [-0.3, -0.25) is 0 Å². The van der Waals surface area contributed by atoms with Crippen molar-refractivity contribution in [1.29, 1.82) is 0 Å². The van der Waals surface area contributed by atoms with Crippen molar-refractivity contribution >= 4 is 44.7 Å². The molecule has 1 aliphatic heterocycles. The van der Waals surface area contributed by atoms with Crippen LogP contribution in [0.3, 0.4) is 0 Å². The predicted octanol–water partition coefficient (Wildman–Crippen LogP) is 5.05. The summed E-state index contributed by atoms with van der Waals surface area (Å²) in [6.07, 6.45) is 4.03. The van der Waals surface area contributed by atoms with E-state index in [9.17, 15) is 0 Å². The molecular weight excluding hydrogens is 408 g/mol. The number of anilines is 4. The number of methoxy groups -OCH3 is 1. The Morgan fingerprint density at radius 3 is 2.81 bits per heavy atom. The van der Waals surface area contributed by atoms with Crippen LogP contribution in [0.25, 0.3) is 10.2 Å². The van der Waals surface area contributed by atoms with Crippen molar-refractivity contribution in [2.75, 3.05) is 30.8 Å². The zero-order chi connectivity index (χ0) is 21.0. The molecule has 5 rings (SSSR count). The maximum atomic E-state index is 5.57. The van der Waals surface area contributed by atoms with Crippen LogP contribution in [-0.4, -0.2) is 35.2 Å². The second-order valence-electron chi connectivity index (χ2n) is 7.53. The zero-order valence-corrected chi connectivity index (χ0v) is 18.1. The summed E-state index contributed by atoms with van der Waals surface area (Å²) < 4.78 is 6.70. The normalized spacial score (nSPS) is 14.5. The second-order valence-corrected chi connectivity index (χ2v) is 8.42. The molecule has 8 heteroatoms. The summed E-state index contributed by atoms with van der Waals surface area (Å²) in [5.41, 5.74) is 6.01. The number of nitrogens with zero attached hydrogens (tertiary/aromatic N) is 3. The fourth-order valence-corrected chi connectivity index (χ4v) is 4.64. The van der Waals surface area contributed by atoms with Gasteiger partial charge in [0.15, 0.2) is 0 Å². The van der Waals surface area contributed by atoms with Crippen molar-refractivity contribution in [3.05, 3.63) is 59.7 Å². The molecule has 1 fully saturated rings. The van der Waals surface area contributed by atoms with E-state index in [0.29, 0.717) is 11.9 Å². The maximum Gasteiger partial charge on any atom is 0.229 e. The molecule has 0 amide bonds. The van der Waals surface area contributed by atoms with Crippen molar-refractivity contribution in [3.8, 4) is 5.75 Å². The number of hydrogen-bond acceptors (Lipinski definition) is 8. The summed E-state index contributed by atoms with van der Waals surface area (Å²) in [6, 6.07) is 14.3. The number of thiazole rings is 1. The van der Waals surface area contributed by atoms with E-state index in [1.807, 2.05) is 29.8 Å². The summed E-state index contributed by atoms with van der Waals surface area (Å²) in [5, 5.41) is 10.1. The van der Waals surface area contributed by atoms with Crippen LogP contribution >= 0.6 is 11.3 Å². The highest BCUT2D eigenvalue weighted by molar-refractivity contribution is 7.16. The second kappa shape index (κ2) is 8.87. The van der Waals surface area contributed by atoms with E-state index < -0.39 is 0 Å². The van der Waals surface area contributed by atoms with E-state index in [1.165, 1.54) is 5.56 Å². The van der Waals surface area contributed by atoms with E-state index >= 15 is 0 Å². The van der Waals surface area contributed by atoms with Crippen LogP contribution in [0.2, 0.25) is 0 Å².